The van der Waals surface area contributed by atoms with Crippen molar-refractivity contribution in [2.24, 2.45) is 17.1 Å². The Balaban J connectivity index is 1.25. The average Bonchev–Trinajstić information content (AvgIpc) is 3.71. The van der Waals surface area contributed by atoms with Crippen LogP contribution in [0.3, 0.4) is 0 Å². The van der Waals surface area contributed by atoms with Gasteiger partial charge in [-0.1, -0.05) is 61.5 Å². The van der Waals surface area contributed by atoms with Crippen molar-refractivity contribution < 1.29 is 9.59 Å². The van der Waals surface area contributed by atoms with Gasteiger partial charge in [-0.15, -0.1) is 0 Å². The van der Waals surface area contributed by atoms with E-state index in [1.807, 2.05) is 50.1 Å². The predicted molar refractivity (Wildman–Crippen MR) is 161 cm³/mol. The topological polar surface area (TPSA) is 88.3 Å². The number of hydrogen-bond donors (Lipinski definition) is 2. The van der Waals surface area contributed by atoms with Crippen LogP contribution >= 0.6 is 0 Å². The zero-order valence-electron chi connectivity index (χ0n) is 24.2. The number of hydrogen-bond acceptors (Lipinski definition) is 4. The summed E-state index contributed by atoms with van der Waals surface area (Å²) in [5, 5.41) is 3.10. The van der Waals surface area contributed by atoms with Crippen LogP contribution in [0.2, 0.25) is 0 Å². The van der Waals surface area contributed by atoms with Crippen molar-refractivity contribution in [1.29, 1.82) is 0 Å². The molecule has 0 saturated heterocycles. The van der Waals surface area contributed by atoms with E-state index < -0.39 is 5.54 Å². The number of nitrogens with one attached hydrogen (secondary N) is 1. The lowest BCUT2D eigenvalue weighted by Crippen LogP contribution is -2.42. The highest BCUT2D eigenvalue weighted by Crippen LogP contribution is 2.47. The maximum Gasteiger partial charge on any atom is 0.228 e. The fourth-order valence-corrected chi connectivity index (χ4v) is 5.86. The number of pyridine rings is 1. The molecule has 2 fully saturated rings. The molecule has 5 rings (SSSR count). The second-order valence-corrected chi connectivity index (χ2v) is 12.7. The number of carbonyl (C=O) groups excluding carboxylic acids is 2. The Bertz CT molecular complexity index is 1350. The summed E-state index contributed by atoms with van der Waals surface area (Å²) < 4.78 is 0. The van der Waals surface area contributed by atoms with E-state index in [1.165, 1.54) is 0 Å². The number of nitrogens with two attached hydrogens (primary N) is 1. The van der Waals surface area contributed by atoms with Crippen LogP contribution in [0, 0.1) is 11.3 Å². The molecule has 2 aromatic carbocycles. The van der Waals surface area contributed by atoms with Gasteiger partial charge in [0, 0.05) is 41.6 Å². The summed E-state index contributed by atoms with van der Waals surface area (Å²) in [5.41, 5.74) is 11.4. The van der Waals surface area contributed by atoms with E-state index in [2.05, 4.69) is 48.6 Å². The molecule has 2 aliphatic rings. The zero-order valence-corrected chi connectivity index (χ0v) is 24.2. The van der Waals surface area contributed by atoms with Crippen LogP contribution < -0.4 is 11.1 Å². The largest absolute Gasteiger partial charge is 0.342 e. The second kappa shape index (κ2) is 11.2. The third-order valence-corrected chi connectivity index (χ3v) is 8.83. The molecule has 2 aliphatic carbocycles. The Morgan fingerprint density at radius 1 is 1.00 bits per heavy atom. The number of nitrogens with zero attached hydrogens (tertiary/aromatic N) is 2. The first-order chi connectivity index (χ1) is 19.0. The number of rotatable bonds is 8. The van der Waals surface area contributed by atoms with Crippen molar-refractivity contribution in [2.75, 3.05) is 12.4 Å². The molecule has 0 bridgehead atoms. The van der Waals surface area contributed by atoms with E-state index in [-0.39, 0.29) is 17.2 Å². The lowest BCUT2D eigenvalue weighted by molar-refractivity contribution is -0.138. The first kappa shape index (κ1) is 28.0. The van der Waals surface area contributed by atoms with Crippen molar-refractivity contribution in [3.05, 3.63) is 72.4 Å². The summed E-state index contributed by atoms with van der Waals surface area (Å²) in [7, 11) is 1.96. The van der Waals surface area contributed by atoms with E-state index >= 15 is 0 Å². The SMILES string of the molecule is CN(C(=O)C1(C)CC1)C1CCC(CC(=O)Nc2cnc(-c3ccc(C(C)(C)N)cc3)c(-c3ccccc3)c2)CC1. The van der Waals surface area contributed by atoms with E-state index in [1.54, 1.807) is 6.20 Å². The molecule has 1 heterocycles. The number of benzene rings is 2. The molecule has 6 nitrogen and oxygen atoms in total. The van der Waals surface area contributed by atoms with Gasteiger partial charge in [0.05, 0.1) is 17.6 Å². The highest BCUT2D eigenvalue weighted by atomic mass is 16.2. The van der Waals surface area contributed by atoms with E-state index in [4.69, 9.17) is 10.7 Å². The average molecular weight is 539 g/mol. The first-order valence-corrected chi connectivity index (χ1v) is 14.6. The van der Waals surface area contributed by atoms with Crippen LogP contribution in [0.5, 0.6) is 0 Å². The molecule has 210 valence electrons. The van der Waals surface area contributed by atoms with Crippen LogP contribution in [0.15, 0.2) is 66.9 Å². The third kappa shape index (κ3) is 6.28. The second-order valence-electron chi connectivity index (χ2n) is 12.7. The predicted octanol–water partition coefficient (Wildman–Crippen LogP) is 6.76. The van der Waals surface area contributed by atoms with E-state index in [0.717, 1.165) is 66.5 Å². The highest BCUT2D eigenvalue weighted by molar-refractivity contribution is 5.93. The molecule has 6 heteroatoms. The molecule has 0 radical (unpaired) electrons. The van der Waals surface area contributed by atoms with Gasteiger partial charge in [-0.2, -0.15) is 0 Å². The Morgan fingerprint density at radius 2 is 1.65 bits per heavy atom. The normalized spacial score (nSPS) is 20.0. The maximum atomic E-state index is 13.1. The lowest BCUT2D eigenvalue weighted by Gasteiger charge is -2.36. The molecule has 0 unspecified atom stereocenters. The van der Waals surface area contributed by atoms with Gasteiger partial charge in [-0.05, 0) is 75.5 Å². The fourth-order valence-electron chi connectivity index (χ4n) is 5.86. The molecule has 1 aromatic heterocycles. The minimum absolute atomic E-state index is 0.0152. The summed E-state index contributed by atoms with van der Waals surface area (Å²) >= 11 is 0. The number of carbonyl (C=O) groups is 2. The van der Waals surface area contributed by atoms with Gasteiger partial charge in [-0.25, -0.2) is 0 Å². The molecule has 0 spiro atoms. The number of aromatic nitrogens is 1. The number of anilines is 1. The monoisotopic (exact) mass is 538 g/mol. The lowest BCUT2D eigenvalue weighted by atomic mass is 9.83. The third-order valence-electron chi connectivity index (χ3n) is 8.83. The fraction of sp³-hybridized carbons (Fsp3) is 0.441. The molecule has 3 N–H and O–H groups in total. The van der Waals surface area contributed by atoms with Crippen LogP contribution in [0.1, 0.15) is 71.3 Å². The Hall–Kier alpha value is -3.51. The van der Waals surface area contributed by atoms with Gasteiger partial charge >= 0.3 is 0 Å². The minimum Gasteiger partial charge on any atom is -0.342 e. The van der Waals surface area contributed by atoms with Gasteiger partial charge in [-0.3, -0.25) is 14.6 Å². The molecule has 2 saturated carbocycles. The Morgan fingerprint density at radius 3 is 2.25 bits per heavy atom. The van der Waals surface area contributed by atoms with Gasteiger partial charge in [0.15, 0.2) is 0 Å². The molecule has 2 amide bonds. The van der Waals surface area contributed by atoms with Gasteiger partial charge in [0.2, 0.25) is 11.8 Å². The minimum atomic E-state index is -0.413. The van der Waals surface area contributed by atoms with Crippen LogP contribution in [0.25, 0.3) is 22.4 Å². The summed E-state index contributed by atoms with van der Waals surface area (Å²) in [6.07, 6.45) is 8.11. The molecule has 0 aliphatic heterocycles. The summed E-state index contributed by atoms with van der Waals surface area (Å²) in [6.45, 7) is 6.06. The van der Waals surface area contributed by atoms with E-state index in [0.29, 0.717) is 24.1 Å². The van der Waals surface area contributed by atoms with E-state index in [9.17, 15) is 9.59 Å². The van der Waals surface area contributed by atoms with Crippen LogP contribution in [-0.2, 0) is 15.1 Å². The quantitative estimate of drug-likeness (QED) is 0.332. The van der Waals surface area contributed by atoms with Crippen molar-refractivity contribution >= 4 is 17.5 Å². The molecular weight excluding hydrogens is 496 g/mol. The Labute approximate surface area is 238 Å². The molecule has 0 atom stereocenters. The summed E-state index contributed by atoms with van der Waals surface area (Å²) in [4.78, 5) is 32.6. The molecular formula is C34H42N4O2. The molecule has 3 aromatic rings. The first-order valence-electron chi connectivity index (χ1n) is 14.6. The van der Waals surface area contributed by atoms with Crippen molar-refractivity contribution in [2.45, 2.75) is 77.3 Å². The van der Waals surface area contributed by atoms with Crippen molar-refractivity contribution in [3.8, 4) is 22.4 Å². The number of amides is 2. The zero-order chi connectivity index (χ0) is 28.5. The summed E-state index contributed by atoms with van der Waals surface area (Å²) in [6, 6.07) is 20.7. The van der Waals surface area contributed by atoms with Crippen molar-refractivity contribution in [1.82, 2.24) is 9.88 Å². The van der Waals surface area contributed by atoms with Gasteiger partial charge < -0.3 is 16.0 Å². The van der Waals surface area contributed by atoms with Gasteiger partial charge in [0.25, 0.3) is 0 Å². The van der Waals surface area contributed by atoms with Crippen LogP contribution in [-0.4, -0.2) is 34.8 Å². The molecule has 40 heavy (non-hydrogen) atoms. The Kier molecular flexibility index (Phi) is 7.83. The standard InChI is InChI=1S/C34H42N4O2/c1-33(2,35)26-14-12-25(13-15-26)31-29(24-8-6-5-7-9-24)21-27(22-36-31)37-30(39)20-23-10-16-28(17-11-23)38(4)32(40)34(3)18-19-34/h5-9,12-15,21-23,28H,10-11,16-20,35H2,1-4H3,(H,37,39). The smallest absolute Gasteiger partial charge is 0.228 e. The van der Waals surface area contributed by atoms with Gasteiger partial charge in [0.1, 0.15) is 0 Å². The summed E-state index contributed by atoms with van der Waals surface area (Å²) in [5.74, 6) is 0.641. The van der Waals surface area contributed by atoms with Crippen LogP contribution in [0.4, 0.5) is 5.69 Å². The maximum absolute atomic E-state index is 13.1. The van der Waals surface area contributed by atoms with Crippen molar-refractivity contribution in [3.63, 3.8) is 0 Å². The highest BCUT2D eigenvalue weighted by Gasteiger charge is 2.47.